The zero-order valence-electron chi connectivity index (χ0n) is 12.4. The summed E-state index contributed by atoms with van der Waals surface area (Å²) < 4.78 is 0. The summed E-state index contributed by atoms with van der Waals surface area (Å²) in [5, 5.41) is 6.27. The lowest BCUT2D eigenvalue weighted by molar-refractivity contribution is 0.392. The summed E-state index contributed by atoms with van der Waals surface area (Å²) in [5.41, 5.74) is 1.27. The van der Waals surface area contributed by atoms with E-state index in [0.29, 0.717) is 11.2 Å². The van der Waals surface area contributed by atoms with Gasteiger partial charge in [0, 0.05) is 6.04 Å². The molecule has 0 aromatic heterocycles. The fraction of sp³-hybridized carbons (Fsp3) is 0.375. The molecule has 0 bridgehead atoms. The topological polar surface area (TPSA) is 52.5 Å². The molecule has 0 heterocycles. The molecule has 0 radical (unpaired) electrons. The SMILES string of the molecule is CC(C)NCCc1ccc2ccc([Si](C)(O)O)cc2c1. The van der Waals surface area contributed by atoms with Gasteiger partial charge < -0.3 is 14.9 Å². The molecule has 0 spiro atoms. The van der Waals surface area contributed by atoms with Crippen LogP contribution >= 0.6 is 0 Å². The standard InChI is InChI=1S/C16H23NO2Si/c1-12(2)17-9-8-13-4-5-14-6-7-16(20(3,18)19)11-15(14)10-13/h4-7,10-12,17-19H,8-9H2,1-3H3. The van der Waals surface area contributed by atoms with Crippen molar-refractivity contribution in [3.63, 3.8) is 0 Å². The van der Waals surface area contributed by atoms with Crippen LogP contribution in [0, 0.1) is 0 Å². The average molecular weight is 289 g/mol. The monoisotopic (exact) mass is 289 g/mol. The van der Waals surface area contributed by atoms with E-state index in [4.69, 9.17) is 0 Å². The number of hydrogen-bond acceptors (Lipinski definition) is 3. The molecule has 0 aliphatic carbocycles. The molecule has 20 heavy (non-hydrogen) atoms. The van der Waals surface area contributed by atoms with Crippen LogP contribution in [0.2, 0.25) is 6.55 Å². The maximum atomic E-state index is 9.80. The molecule has 108 valence electrons. The maximum Gasteiger partial charge on any atom is 0.363 e. The third kappa shape index (κ3) is 3.90. The first-order chi connectivity index (χ1) is 9.36. The van der Waals surface area contributed by atoms with Crippen molar-refractivity contribution in [2.24, 2.45) is 0 Å². The van der Waals surface area contributed by atoms with E-state index < -0.39 is 8.56 Å². The second kappa shape index (κ2) is 6.05. The van der Waals surface area contributed by atoms with Crippen LogP contribution in [0.5, 0.6) is 0 Å². The first-order valence-electron chi connectivity index (χ1n) is 7.07. The molecule has 2 aromatic carbocycles. The number of rotatable bonds is 5. The lowest BCUT2D eigenvalue weighted by atomic mass is 10.1. The molecule has 3 nitrogen and oxygen atoms in total. The first-order valence-corrected chi connectivity index (χ1v) is 9.47. The van der Waals surface area contributed by atoms with Gasteiger partial charge in [0.25, 0.3) is 0 Å². The predicted molar refractivity (Wildman–Crippen MR) is 86.5 cm³/mol. The Labute approximate surface area is 121 Å². The second-order valence-corrected chi connectivity index (χ2v) is 8.39. The van der Waals surface area contributed by atoms with E-state index in [-0.39, 0.29) is 0 Å². The fourth-order valence-corrected chi connectivity index (χ4v) is 3.08. The summed E-state index contributed by atoms with van der Waals surface area (Å²) in [6, 6.07) is 12.5. The molecule has 0 saturated heterocycles. The van der Waals surface area contributed by atoms with Gasteiger partial charge in [-0.25, -0.2) is 0 Å². The van der Waals surface area contributed by atoms with E-state index >= 15 is 0 Å². The van der Waals surface area contributed by atoms with E-state index in [0.717, 1.165) is 23.7 Å². The van der Waals surface area contributed by atoms with E-state index in [9.17, 15) is 9.59 Å². The first kappa shape index (κ1) is 15.2. The molecule has 2 aromatic rings. The van der Waals surface area contributed by atoms with Crippen molar-refractivity contribution >= 4 is 24.5 Å². The van der Waals surface area contributed by atoms with Crippen LogP contribution in [0.4, 0.5) is 0 Å². The average Bonchev–Trinajstić information content (AvgIpc) is 2.36. The molecule has 0 aliphatic rings. The summed E-state index contributed by atoms with van der Waals surface area (Å²) in [5.74, 6) is 0. The van der Waals surface area contributed by atoms with Crippen molar-refractivity contribution in [1.29, 1.82) is 0 Å². The highest BCUT2D eigenvalue weighted by atomic mass is 28.4. The zero-order valence-corrected chi connectivity index (χ0v) is 13.4. The lowest BCUT2D eigenvalue weighted by Crippen LogP contribution is -2.44. The van der Waals surface area contributed by atoms with Crippen LogP contribution in [0.3, 0.4) is 0 Å². The maximum absolute atomic E-state index is 9.80. The number of hydrogen-bond donors (Lipinski definition) is 3. The van der Waals surface area contributed by atoms with Crippen molar-refractivity contribution in [3.05, 3.63) is 42.0 Å². The van der Waals surface area contributed by atoms with Gasteiger partial charge >= 0.3 is 8.56 Å². The lowest BCUT2D eigenvalue weighted by Gasteiger charge is -2.13. The van der Waals surface area contributed by atoms with Crippen LogP contribution in [0.25, 0.3) is 10.8 Å². The summed E-state index contributed by atoms with van der Waals surface area (Å²) in [6.07, 6.45) is 0.977. The summed E-state index contributed by atoms with van der Waals surface area (Å²) >= 11 is 0. The van der Waals surface area contributed by atoms with Gasteiger partial charge in [0.1, 0.15) is 0 Å². The van der Waals surface area contributed by atoms with E-state index in [1.54, 1.807) is 0 Å². The van der Waals surface area contributed by atoms with Gasteiger partial charge in [-0.2, -0.15) is 0 Å². The number of fused-ring (bicyclic) bond motifs is 1. The molecule has 0 fully saturated rings. The summed E-state index contributed by atoms with van der Waals surface area (Å²) in [6.45, 7) is 6.75. The molecule has 0 aliphatic heterocycles. The summed E-state index contributed by atoms with van der Waals surface area (Å²) in [4.78, 5) is 19.6. The van der Waals surface area contributed by atoms with Gasteiger partial charge in [-0.3, -0.25) is 0 Å². The van der Waals surface area contributed by atoms with Crippen molar-refractivity contribution in [3.8, 4) is 0 Å². The second-order valence-electron chi connectivity index (χ2n) is 5.78. The van der Waals surface area contributed by atoms with Crippen LogP contribution in [-0.4, -0.2) is 30.7 Å². The highest BCUT2D eigenvalue weighted by Crippen LogP contribution is 2.16. The molecular weight excluding hydrogens is 266 g/mol. The van der Waals surface area contributed by atoms with Crippen molar-refractivity contribution in [1.82, 2.24) is 5.32 Å². The van der Waals surface area contributed by atoms with Gasteiger partial charge in [-0.15, -0.1) is 0 Å². The van der Waals surface area contributed by atoms with Gasteiger partial charge in [0.05, 0.1) is 0 Å². The van der Waals surface area contributed by atoms with E-state index in [1.165, 1.54) is 12.1 Å². The number of nitrogens with one attached hydrogen (secondary N) is 1. The molecular formula is C16H23NO2Si. The quantitative estimate of drug-likeness (QED) is 0.734. The predicted octanol–water partition coefficient (Wildman–Crippen LogP) is 1.64. The largest absolute Gasteiger partial charge is 0.408 e. The molecule has 0 unspecified atom stereocenters. The minimum atomic E-state index is -3.22. The zero-order chi connectivity index (χ0) is 14.8. The summed E-state index contributed by atoms with van der Waals surface area (Å²) in [7, 11) is -3.22. The van der Waals surface area contributed by atoms with Gasteiger partial charge in [-0.05, 0) is 41.0 Å². The smallest absolute Gasteiger partial charge is 0.363 e. The van der Waals surface area contributed by atoms with Crippen molar-refractivity contribution < 1.29 is 9.59 Å². The third-order valence-corrected chi connectivity index (χ3v) is 4.82. The Morgan fingerprint density at radius 2 is 1.75 bits per heavy atom. The van der Waals surface area contributed by atoms with Crippen LogP contribution in [0.1, 0.15) is 19.4 Å². The van der Waals surface area contributed by atoms with Gasteiger partial charge in [0.15, 0.2) is 0 Å². The van der Waals surface area contributed by atoms with Crippen LogP contribution in [0.15, 0.2) is 36.4 Å². The Bertz CT molecular complexity index is 591. The van der Waals surface area contributed by atoms with Crippen LogP contribution in [-0.2, 0) is 6.42 Å². The van der Waals surface area contributed by atoms with E-state index in [1.807, 2.05) is 18.2 Å². The Morgan fingerprint density at radius 1 is 1.05 bits per heavy atom. The van der Waals surface area contributed by atoms with Crippen LogP contribution < -0.4 is 10.5 Å². The van der Waals surface area contributed by atoms with E-state index in [2.05, 4.69) is 37.4 Å². The van der Waals surface area contributed by atoms with Crippen molar-refractivity contribution in [2.45, 2.75) is 32.9 Å². The Hall–Kier alpha value is -1.20. The third-order valence-electron chi connectivity index (χ3n) is 3.42. The Kier molecular flexibility index (Phi) is 4.60. The molecule has 3 N–H and O–H groups in total. The molecule has 0 atom stereocenters. The number of benzene rings is 2. The molecule has 2 rings (SSSR count). The normalized spacial score (nSPS) is 12.3. The Morgan fingerprint density at radius 3 is 2.40 bits per heavy atom. The molecule has 0 saturated carbocycles. The minimum Gasteiger partial charge on any atom is -0.408 e. The Balaban J connectivity index is 2.23. The molecule has 4 heteroatoms. The minimum absolute atomic E-state index is 0.498. The van der Waals surface area contributed by atoms with Gasteiger partial charge in [-0.1, -0.05) is 50.2 Å². The highest BCUT2D eigenvalue weighted by molar-refractivity contribution is 6.77. The van der Waals surface area contributed by atoms with Gasteiger partial charge in [0.2, 0.25) is 0 Å². The molecule has 0 amide bonds. The highest BCUT2D eigenvalue weighted by Gasteiger charge is 2.24. The van der Waals surface area contributed by atoms with Crippen molar-refractivity contribution in [2.75, 3.05) is 6.54 Å². The fourth-order valence-electron chi connectivity index (χ4n) is 2.25.